The van der Waals surface area contributed by atoms with Crippen LogP contribution in [0.5, 0.6) is 0 Å². The fraction of sp³-hybridized carbons (Fsp3) is 1.00. The van der Waals surface area contributed by atoms with E-state index in [0.717, 1.165) is 31.3 Å². The van der Waals surface area contributed by atoms with Gasteiger partial charge in [0.1, 0.15) is 0 Å². The Kier molecular flexibility index (Phi) is 2.04. The number of likely N-dealkylation sites (tertiary alicyclic amines) is 1. The monoisotopic (exact) mass is 182 g/mol. The summed E-state index contributed by atoms with van der Waals surface area (Å²) in [5.41, 5.74) is 0. The van der Waals surface area contributed by atoms with Gasteiger partial charge in [-0.05, 0) is 19.3 Å². The van der Waals surface area contributed by atoms with E-state index in [0.29, 0.717) is 0 Å². The summed E-state index contributed by atoms with van der Waals surface area (Å²) in [6.45, 7) is 4.47. The van der Waals surface area contributed by atoms with Crippen LogP contribution in [0, 0.1) is 0 Å². The highest BCUT2D eigenvalue weighted by molar-refractivity contribution is 4.99. The minimum Gasteiger partial charge on any atom is -0.381 e. The summed E-state index contributed by atoms with van der Waals surface area (Å²) in [5, 5.41) is 3.55. The summed E-state index contributed by atoms with van der Waals surface area (Å²) in [5.74, 6) is 0. The maximum Gasteiger partial charge on any atom is 0.0480 e. The van der Waals surface area contributed by atoms with Crippen molar-refractivity contribution in [3.05, 3.63) is 0 Å². The van der Waals surface area contributed by atoms with Crippen molar-refractivity contribution >= 4 is 0 Å². The van der Waals surface area contributed by atoms with Crippen LogP contribution >= 0.6 is 0 Å². The normalized spacial score (nSPS) is 41.5. The number of hydrogen-bond donors (Lipinski definition) is 1. The molecule has 0 spiro atoms. The van der Waals surface area contributed by atoms with Crippen LogP contribution in [0.3, 0.4) is 0 Å². The molecular formula is C10H18N2O. The van der Waals surface area contributed by atoms with Gasteiger partial charge >= 0.3 is 0 Å². The van der Waals surface area contributed by atoms with Crippen molar-refractivity contribution in [2.75, 3.05) is 26.3 Å². The predicted molar refractivity (Wildman–Crippen MR) is 50.7 cm³/mol. The Morgan fingerprint density at radius 3 is 2.62 bits per heavy atom. The lowest BCUT2D eigenvalue weighted by Gasteiger charge is -2.37. The van der Waals surface area contributed by atoms with Crippen LogP contribution in [-0.4, -0.2) is 49.3 Å². The van der Waals surface area contributed by atoms with Gasteiger partial charge in [-0.1, -0.05) is 0 Å². The van der Waals surface area contributed by atoms with Crippen molar-refractivity contribution in [2.24, 2.45) is 0 Å². The highest BCUT2D eigenvalue weighted by Gasteiger charge is 2.40. The van der Waals surface area contributed by atoms with Crippen LogP contribution in [0.15, 0.2) is 0 Å². The molecule has 3 aliphatic rings. The molecular weight excluding hydrogens is 164 g/mol. The van der Waals surface area contributed by atoms with Crippen LogP contribution in [0.4, 0.5) is 0 Å². The molecule has 3 saturated heterocycles. The summed E-state index contributed by atoms with van der Waals surface area (Å²) >= 11 is 0. The van der Waals surface area contributed by atoms with Gasteiger partial charge in [0.15, 0.2) is 0 Å². The molecule has 0 aliphatic carbocycles. The van der Waals surface area contributed by atoms with Gasteiger partial charge in [-0.2, -0.15) is 0 Å². The highest BCUT2D eigenvalue weighted by atomic mass is 16.5. The van der Waals surface area contributed by atoms with E-state index in [2.05, 4.69) is 10.2 Å². The van der Waals surface area contributed by atoms with E-state index in [4.69, 9.17) is 4.74 Å². The Labute approximate surface area is 79.4 Å². The molecule has 3 rings (SSSR count). The van der Waals surface area contributed by atoms with E-state index < -0.39 is 0 Å². The average Bonchev–Trinajstić information content (AvgIpc) is 2.80. The Morgan fingerprint density at radius 1 is 1.15 bits per heavy atom. The van der Waals surface area contributed by atoms with Crippen molar-refractivity contribution in [1.29, 1.82) is 0 Å². The van der Waals surface area contributed by atoms with Crippen molar-refractivity contribution < 1.29 is 4.74 Å². The molecule has 0 aromatic rings. The third-order valence-electron chi connectivity index (χ3n) is 3.76. The Morgan fingerprint density at radius 2 is 2.00 bits per heavy atom. The molecule has 1 N–H and O–H groups in total. The first-order valence-electron chi connectivity index (χ1n) is 5.50. The molecule has 2 bridgehead atoms. The quantitative estimate of drug-likeness (QED) is 0.627. The van der Waals surface area contributed by atoms with Crippen LogP contribution in [-0.2, 0) is 4.74 Å². The molecule has 0 aromatic heterocycles. The molecule has 13 heavy (non-hydrogen) atoms. The molecule has 2 atom stereocenters. The smallest absolute Gasteiger partial charge is 0.0480 e. The number of nitrogens with one attached hydrogen (secondary N) is 1. The van der Waals surface area contributed by atoms with Gasteiger partial charge in [0.05, 0.1) is 0 Å². The minimum absolute atomic E-state index is 0.799. The first-order valence-corrected chi connectivity index (χ1v) is 5.50. The summed E-state index contributed by atoms with van der Waals surface area (Å²) in [4.78, 5) is 2.73. The molecule has 0 unspecified atom stereocenters. The van der Waals surface area contributed by atoms with Gasteiger partial charge in [0.2, 0.25) is 0 Å². The molecule has 0 saturated carbocycles. The van der Waals surface area contributed by atoms with Gasteiger partial charge in [0.25, 0.3) is 0 Å². The zero-order valence-electron chi connectivity index (χ0n) is 8.04. The second-order valence-electron chi connectivity index (χ2n) is 4.54. The lowest BCUT2D eigenvalue weighted by molar-refractivity contribution is 0.0252. The van der Waals surface area contributed by atoms with Gasteiger partial charge in [0, 0.05) is 44.4 Å². The topological polar surface area (TPSA) is 24.5 Å². The number of piperazine rings is 1. The zero-order chi connectivity index (χ0) is 8.67. The van der Waals surface area contributed by atoms with Gasteiger partial charge in [-0.25, -0.2) is 0 Å². The number of rotatable bonds is 1. The van der Waals surface area contributed by atoms with Crippen molar-refractivity contribution in [1.82, 2.24) is 10.2 Å². The SMILES string of the molecule is C1CC(N2C[C@@H]3C[C@H]2CN3)CCO1. The van der Waals surface area contributed by atoms with Crippen LogP contribution < -0.4 is 5.32 Å². The summed E-state index contributed by atoms with van der Waals surface area (Å²) in [6.07, 6.45) is 3.89. The summed E-state index contributed by atoms with van der Waals surface area (Å²) in [7, 11) is 0. The van der Waals surface area contributed by atoms with Gasteiger partial charge in [-0.3, -0.25) is 4.90 Å². The van der Waals surface area contributed by atoms with Crippen LogP contribution in [0.25, 0.3) is 0 Å². The third-order valence-corrected chi connectivity index (χ3v) is 3.76. The summed E-state index contributed by atoms with van der Waals surface area (Å²) in [6, 6.07) is 2.46. The van der Waals surface area contributed by atoms with Gasteiger partial charge in [-0.15, -0.1) is 0 Å². The van der Waals surface area contributed by atoms with E-state index in [1.807, 2.05) is 0 Å². The van der Waals surface area contributed by atoms with E-state index in [1.54, 1.807) is 0 Å². The average molecular weight is 182 g/mol. The second kappa shape index (κ2) is 3.23. The zero-order valence-corrected chi connectivity index (χ0v) is 8.04. The van der Waals surface area contributed by atoms with Gasteiger partial charge < -0.3 is 10.1 Å². The standard InChI is InChI=1S/C10H18N2O/c1-3-13-4-2-9(1)12-7-8-5-10(12)6-11-8/h8-11H,1-7H2/t8-,10-/m0/s1. The van der Waals surface area contributed by atoms with Crippen molar-refractivity contribution in [2.45, 2.75) is 37.4 Å². The predicted octanol–water partition coefficient (Wildman–Crippen LogP) is 0.211. The minimum atomic E-state index is 0.799. The maximum atomic E-state index is 5.40. The molecule has 3 aliphatic heterocycles. The highest BCUT2D eigenvalue weighted by Crippen LogP contribution is 2.28. The molecule has 0 amide bonds. The first-order chi connectivity index (χ1) is 6.43. The Balaban J connectivity index is 1.65. The Bertz CT molecular complexity index is 191. The van der Waals surface area contributed by atoms with E-state index in [9.17, 15) is 0 Å². The third kappa shape index (κ3) is 1.39. The number of fused-ring (bicyclic) bond motifs is 2. The van der Waals surface area contributed by atoms with Crippen LogP contribution in [0.1, 0.15) is 19.3 Å². The van der Waals surface area contributed by atoms with Crippen molar-refractivity contribution in [3.63, 3.8) is 0 Å². The molecule has 3 heteroatoms. The lowest BCUT2D eigenvalue weighted by atomic mass is 10.1. The number of ether oxygens (including phenoxy) is 1. The second-order valence-corrected chi connectivity index (χ2v) is 4.54. The van der Waals surface area contributed by atoms with Crippen LogP contribution in [0.2, 0.25) is 0 Å². The molecule has 3 fully saturated rings. The molecule has 3 heterocycles. The molecule has 74 valence electrons. The van der Waals surface area contributed by atoms with Crippen molar-refractivity contribution in [3.8, 4) is 0 Å². The van der Waals surface area contributed by atoms with E-state index >= 15 is 0 Å². The fourth-order valence-corrected chi connectivity index (χ4v) is 3.06. The van der Waals surface area contributed by atoms with E-state index in [1.165, 1.54) is 32.4 Å². The maximum absolute atomic E-state index is 5.40. The Hall–Kier alpha value is -0.120. The molecule has 0 radical (unpaired) electrons. The first kappa shape index (κ1) is 8.21. The fourth-order valence-electron chi connectivity index (χ4n) is 3.06. The lowest BCUT2D eigenvalue weighted by Crippen LogP contribution is -2.50. The number of nitrogens with zero attached hydrogens (tertiary/aromatic N) is 1. The summed E-state index contributed by atoms with van der Waals surface area (Å²) < 4.78 is 5.40. The largest absolute Gasteiger partial charge is 0.381 e. The molecule has 3 nitrogen and oxygen atoms in total. The van der Waals surface area contributed by atoms with E-state index in [-0.39, 0.29) is 0 Å². The number of hydrogen-bond acceptors (Lipinski definition) is 3. The molecule has 0 aromatic carbocycles.